The maximum Gasteiger partial charge on any atom is 0.258 e. The van der Waals surface area contributed by atoms with E-state index in [1.54, 1.807) is 0 Å². The summed E-state index contributed by atoms with van der Waals surface area (Å²) in [6.07, 6.45) is 0. The summed E-state index contributed by atoms with van der Waals surface area (Å²) in [7, 11) is -2.68. The van der Waals surface area contributed by atoms with Gasteiger partial charge in [-0.2, -0.15) is 0 Å². The molecular formula is C21H17F2N3O4S. The fourth-order valence-electron chi connectivity index (χ4n) is 2.67. The maximum absolute atomic E-state index is 14.1. The van der Waals surface area contributed by atoms with E-state index in [0.29, 0.717) is 0 Å². The third kappa shape index (κ3) is 5.30. The van der Waals surface area contributed by atoms with E-state index in [1.165, 1.54) is 49.5 Å². The fraction of sp³-hybridized carbons (Fsp3) is 0.0476. The third-order valence-corrected chi connectivity index (χ3v) is 5.64. The number of halogens is 2. The number of benzene rings is 3. The van der Waals surface area contributed by atoms with Crippen LogP contribution in [0.5, 0.6) is 0 Å². The maximum atomic E-state index is 14.1. The molecule has 0 unspecified atom stereocenters. The summed E-state index contributed by atoms with van der Waals surface area (Å²) >= 11 is 0. The molecule has 0 atom stereocenters. The number of anilines is 2. The van der Waals surface area contributed by atoms with Gasteiger partial charge in [-0.25, -0.2) is 21.9 Å². The van der Waals surface area contributed by atoms with Crippen molar-refractivity contribution in [1.29, 1.82) is 0 Å². The molecule has 3 N–H and O–H groups in total. The molecule has 160 valence electrons. The molecular weight excluding hydrogens is 428 g/mol. The zero-order valence-electron chi connectivity index (χ0n) is 16.1. The molecule has 0 spiro atoms. The molecule has 10 heteroatoms. The van der Waals surface area contributed by atoms with Crippen LogP contribution in [0.1, 0.15) is 20.7 Å². The Kier molecular flexibility index (Phi) is 6.42. The van der Waals surface area contributed by atoms with Gasteiger partial charge in [-0.05, 0) is 61.6 Å². The van der Waals surface area contributed by atoms with Crippen LogP contribution in [0, 0.1) is 11.6 Å². The first-order valence-electron chi connectivity index (χ1n) is 8.91. The highest BCUT2D eigenvalue weighted by molar-refractivity contribution is 7.89. The van der Waals surface area contributed by atoms with E-state index < -0.39 is 39.0 Å². The Morgan fingerprint density at radius 1 is 0.806 bits per heavy atom. The molecule has 0 heterocycles. The van der Waals surface area contributed by atoms with Gasteiger partial charge in [0.15, 0.2) is 0 Å². The Bertz CT molecular complexity index is 1260. The van der Waals surface area contributed by atoms with Gasteiger partial charge >= 0.3 is 0 Å². The van der Waals surface area contributed by atoms with Crippen LogP contribution in [-0.2, 0) is 10.0 Å². The number of carbonyl (C=O) groups excluding carboxylic acids is 2. The first kappa shape index (κ1) is 22.1. The van der Waals surface area contributed by atoms with Gasteiger partial charge in [-0.3, -0.25) is 9.59 Å². The van der Waals surface area contributed by atoms with Crippen molar-refractivity contribution in [2.75, 3.05) is 17.7 Å². The Morgan fingerprint density at radius 2 is 1.45 bits per heavy atom. The summed E-state index contributed by atoms with van der Waals surface area (Å²) < 4.78 is 53.3. The summed E-state index contributed by atoms with van der Waals surface area (Å²) in [5, 5.41) is 4.96. The van der Waals surface area contributed by atoms with E-state index in [0.717, 1.165) is 24.3 Å². The minimum Gasteiger partial charge on any atom is -0.322 e. The summed E-state index contributed by atoms with van der Waals surface area (Å²) in [5.41, 5.74) is 0.113. The highest BCUT2D eigenvalue weighted by Gasteiger charge is 2.19. The van der Waals surface area contributed by atoms with E-state index in [4.69, 9.17) is 0 Å². The lowest BCUT2D eigenvalue weighted by molar-refractivity contribution is 0.101. The fourth-order valence-corrected chi connectivity index (χ4v) is 3.43. The summed E-state index contributed by atoms with van der Waals surface area (Å²) in [6.45, 7) is 0. The van der Waals surface area contributed by atoms with Crippen LogP contribution < -0.4 is 15.4 Å². The van der Waals surface area contributed by atoms with Crippen LogP contribution in [0.4, 0.5) is 20.2 Å². The largest absolute Gasteiger partial charge is 0.322 e. The minimum atomic E-state index is -3.87. The quantitative estimate of drug-likeness (QED) is 0.541. The summed E-state index contributed by atoms with van der Waals surface area (Å²) in [6, 6.07) is 14.0. The number of hydrogen-bond acceptors (Lipinski definition) is 4. The Morgan fingerprint density at radius 3 is 2.13 bits per heavy atom. The van der Waals surface area contributed by atoms with Crippen molar-refractivity contribution in [3.05, 3.63) is 89.5 Å². The highest BCUT2D eigenvalue weighted by Crippen LogP contribution is 2.19. The lowest BCUT2D eigenvalue weighted by Gasteiger charge is -2.10. The van der Waals surface area contributed by atoms with Crippen LogP contribution in [0.3, 0.4) is 0 Å². The van der Waals surface area contributed by atoms with Crippen LogP contribution in [0.25, 0.3) is 0 Å². The molecule has 0 fully saturated rings. The van der Waals surface area contributed by atoms with E-state index in [2.05, 4.69) is 15.4 Å². The van der Waals surface area contributed by atoms with Gasteiger partial charge in [0.05, 0.1) is 10.5 Å². The molecule has 3 rings (SSSR count). The predicted octanol–water partition coefficient (Wildman–Crippen LogP) is 3.38. The monoisotopic (exact) mass is 445 g/mol. The zero-order valence-corrected chi connectivity index (χ0v) is 17.0. The lowest BCUT2D eigenvalue weighted by atomic mass is 10.1. The zero-order chi connectivity index (χ0) is 22.6. The standard InChI is InChI=1S/C21H17F2N3O4S/c1-24-31(29,30)17-8-9-19(23)18(12-17)21(28)26-15-6-2-4-13(10-15)20(27)25-16-7-3-5-14(22)11-16/h2-12,24H,1H3,(H,25,27)(H,26,28). The molecule has 0 saturated carbocycles. The second-order valence-corrected chi connectivity index (χ2v) is 8.24. The molecule has 3 aromatic carbocycles. The molecule has 0 aliphatic carbocycles. The molecule has 0 aliphatic heterocycles. The molecule has 3 aromatic rings. The number of sulfonamides is 1. The summed E-state index contributed by atoms with van der Waals surface area (Å²) in [4.78, 5) is 24.6. The molecule has 0 radical (unpaired) electrons. The topological polar surface area (TPSA) is 104 Å². The molecule has 2 amide bonds. The van der Waals surface area contributed by atoms with Crippen molar-refractivity contribution in [3.63, 3.8) is 0 Å². The first-order valence-corrected chi connectivity index (χ1v) is 10.4. The van der Waals surface area contributed by atoms with E-state index in [9.17, 15) is 26.8 Å². The Balaban J connectivity index is 1.80. The molecule has 0 bridgehead atoms. The van der Waals surface area contributed by atoms with Gasteiger partial charge in [0, 0.05) is 16.9 Å². The van der Waals surface area contributed by atoms with Crippen LogP contribution >= 0.6 is 0 Å². The minimum absolute atomic E-state index is 0.161. The Hall–Kier alpha value is -3.63. The highest BCUT2D eigenvalue weighted by atomic mass is 32.2. The second kappa shape index (κ2) is 9.02. The number of rotatable bonds is 6. The molecule has 0 aromatic heterocycles. The molecule has 0 aliphatic rings. The van der Waals surface area contributed by atoms with Gasteiger partial charge in [0.2, 0.25) is 10.0 Å². The van der Waals surface area contributed by atoms with E-state index in [-0.39, 0.29) is 21.8 Å². The van der Waals surface area contributed by atoms with Gasteiger partial charge in [0.25, 0.3) is 11.8 Å². The van der Waals surface area contributed by atoms with Gasteiger partial charge in [0.1, 0.15) is 11.6 Å². The predicted molar refractivity (Wildman–Crippen MR) is 111 cm³/mol. The number of nitrogens with one attached hydrogen (secondary N) is 3. The van der Waals surface area contributed by atoms with Gasteiger partial charge in [-0.1, -0.05) is 12.1 Å². The Labute approximate surface area is 177 Å². The van der Waals surface area contributed by atoms with Crippen molar-refractivity contribution >= 4 is 33.2 Å². The van der Waals surface area contributed by atoms with Crippen LogP contribution in [0.15, 0.2) is 71.6 Å². The average Bonchev–Trinajstić information content (AvgIpc) is 2.74. The van der Waals surface area contributed by atoms with Gasteiger partial charge < -0.3 is 10.6 Å². The van der Waals surface area contributed by atoms with Crippen molar-refractivity contribution in [3.8, 4) is 0 Å². The molecule has 31 heavy (non-hydrogen) atoms. The normalized spacial score (nSPS) is 11.1. The first-order chi connectivity index (χ1) is 14.7. The smallest absolute Gasteiger partial charge is 0.258 e. The molecule has 0 saturated heterocycles. The van der Waals surface area contributed by atoms with Crippen molar-refractivity contribution in [1.82, 2.24) is 4.72 Å². The second-order valence-electron chi connectivity index (χ2n) is 6.35. The lowest BCUT2D eigenvalue weighted by Crippen LogP contribution is -2.20. The van der Waals surface area contributed by atoms with Crippen LogP contribution in [0.2, 0.25) is 0 Å². The van der Waals surface area contributed by atoms with Crippen molar-refractivity contribution < 1.29 is 26.8 Å². The van der Waals surface area contributed by atoms with Crippen molar-refractivity contribution in [2.24, 2.45) is 0 Å². The third-order valence-electron chi connectivity index (χ3n) is 4.23. The summed E-state index contributed by atoms with van der Waals surface area (Å²) in [5.74, 6) is -2.86. The van der Waals surface area contributed by atoms with E-state index >= 15 is 0 Å². The van der Waals surface area contributed by atoms with Crippen LogP contribution in [-0.4, -0.2) is 27.3 Å². The van der Waals surface area contributed by atoms with E-state index in [1.807, 2.05) is 0 Å². The number of carbonyl (C=O) groups is 2. The molecule has 7 nitrogen and oxygen atoms in total. The van der Waals surface area contributed by atoms with Crippen molar-refractivity contribution in [2.45, 2.75) is 4.90 Å². The number of amides is 2. The van der Waals surface area contributed by atoms with Gasteiger partial charge in [-0.15, -0.1) is 0 Å². The average molecular weight is 445 g/mol. The SMILES string of the molecule is CNS(=O)(=O)c1ccc(F)c(C(=O)Nc2cccc(C(=O)Nc3cccc(F)c3)c2)c1. The number of hydrogen-bond donors (Lipinski definition) is 3.